The van der Waals surface area contributed by atoms with Crippen molar-refractivity contribution in [3.05, 3.63) is 71.2 Å². The van der Waals surface area contributed by atoms with Crippen LogP contribution in [0.5, 0.6) is 5.75 Å². The van der Waals surface area contributed by atoms with Gasteiger partial charge < -0.3 is 20.3 Å². The number of methoxy groups -OCH3 is 1. The van der Waals surface area contributed by atoms with Crippen LogP contribution < -0.4 is 15.4 Å². The maximum absolute atomic E-state index is 12.7. The van der Waals surface area contributed by atoms with Gasteiger partial charge in [-0.25, -0.2) is 4.98 Å². The predicted octanol–water partition coefficient (Wildman–Crippen LogP) is 3.93. The zero-order valence-corrected chi connectivity index (χ0v) is 17.0. The molecule has 2 N–H and O–H groups in total. The Balaban J connectivity index is 1.68. The second kappa shape index (κ2) is 9.34. The summed E-state index contributed by atoms with van der Waals surface area (Å²) >= 11 is 1.39. The summed E-state index contributed by atoms with van der Waals surface area (Å²) in [5.74, 6) is 0.604. The molecule has 0 spiro atoms. The molecular formula is C21H24N4O2S. The second-order valence-electron chi connectivity index (χ2n) is 6.59. The minimum Gasteiger partial charge on any atom is -0.497 e. The van der Waals surface area contributed by atoms with Crippen LogP contribution in [0, 0.1) is 0 Å². The van der Waals surface area contributed by atoms with Crippen LogP contribution >= 0.6 is 11.3 Å². The lowest BCUT2D eigenvalue weighted by Crippen LogP contribution is -2.35. The number of ether oxygens (including phenoxy) is 1. The molecule has 0 saturated heterocycles. The molecule has 0 radical (unpaired) electrons. The summed E-state index contributed by atoms with van der Waals surface area (Å²) in [6.45, 7) is 0.705. The van der Waals surface area contributed by atoms with Gasteiger partial charge >= 0.3 is 0 Å². The molecule has 0 saturated carbocycles. The van der Waals surface area contributed by atoms with E-state index in [2.05, 4.69) is 20.5 Å². The highest BCUT2D eigenvalue weighted by molar-refractivity contribution is 7.14. The van der Waals surface area contributed by atoms with E-state index in [4.69, 9.17) is 4.74 Å². The molecule has 3 rings (SSSR count). The summed E-state index contributed by atoms with van der Waals surface area (Å²) in [7, 11) is 5.61. The summed E-state index contributed by atoms with van der Waals surface area (Å²) < 4.78 is 5.16. The normalized spacial score (nSPS) is 11.9. The number of carbonyl (C=O) groups is 1. The lowest BCUT2D eigenvalue weighted by Gasteiger charge is -2.22. The Morgan fingerprint density at radius 2 is 1.86 bits per heavy atom. The van der Waals surface area contributed by atoms with Crippen molar-refractivity contribution in [2.45, 2.75) is 6.04 Å². The number of likely N-dealkylation sites (N-methyl/N-ethyl adjacent to an activating group) is 1. The Hall–Kier alpha value is -2.90. The molecule has 28 heavy (non-hydrogen) atoms. The number of hydrogen-bond acceptors (Lipinski definition) is 6. The van der Waals surface area contributed by atoms with Crippen molar-refractivity contribution in [2.24, 2.45) is 0 Å². The van der Waals surface area contributed by atoms with E-state index < -0.39 is 0 Å². The van der Waals surface area contributed by atoms with Crippen molar-refractivity contribution in [3.63, 3.8) is 0 Å². The monoisotopic (exact) mass is 396 g/mol. The third kappa shape index (κ3) is 5.31. The zero-order valence-electron chi connectivity index (χ0n) is 16.2. The van der Waals surface area contributed by atoms with E-state index >= 15 is 0 Å². The molecule has 1 atom stereocenters. The van der Waals surface area contributed by atoms with Crippen molar-refractivity contribution < 1.29 is 9.53 Å². The average Bonchev–Trinajstić information content (AvgIpc) is 3.17. The van der Waals surface area contributed by atoms with Gasteiger partial charge in [0.05, 0.1) is 13.2 Å². The number of anilines is 2. The van der Waals surface area contributed by atoms with Gasteiger partial charge in [-0.15, -0.1) is 11.3 Å². The summed E-state index contributed by atoms with van der Waals surface area (Å²) in [6, 6.07) is 17.4. The summed E-state index contributed by atoms with van der Waals surface area (Å²) in [4.78, 5) is 19.2. The van der Waals surface area contributed by atoms with E-state index in [0.29, 0.717) is 17.4 Å². The standard InChI is InChI=1S/C21H24N4O2S/c1-25(2)13-18(15-7-5-4-6-8-15)23-20(26)19-14-28-21(24-19)22-16-9-11-17(27-3)12-10-16/h4-12,14,18H,13H2,1-3H3,(H,22,24)(H,23,26). The molecule has 0 fully saturated rings. The van der Waals surface area contributed by atoms with Crippen LogP contribution in [-0.4, -0.2) is 43.5 Å². The maximum atomic E-state index is 12.7. The van der Waals surface area contributed by atoms with Crippen LogP contribution in [0.4, 0.5) is 10.8 Å². The fourth-order valence-electron chi connectivity index (χ4n) is 2.75. The fraction of sp³-hybridized carbons (Fsp3) is 0.238. The molecule has 1 heterocycles. The van der Waals surface area contributed by atoms with Crippen molar-refractivity contribution in [1.29, 1.82) is 0 Å². The number of nitrogens with zero attached hydrogens (tertiary/aromatic N) is 2. The molecule has 7 heteroatoms. The molecule has 3 aromatic rings. The first-order chi connectivity index (χ1) is 13.5. The van der Waals surface area contributed by atoms with Gasteiger partial charge in [0.15, 0.2) is 5.13 Å². The number of amides is 1. The van der Waals surface area contributed by atoms with Crippen molar-refractivity contribution >= 4 is 28.1 Å². The molecule has 1 amide bonds. The van der Waals surface area contributed by atoms with E-state index in [1.807, 2.05) is 68.7 Å². The fourth-order valence-corrected chi connectivity index (χ4v) is 3.46. The Morgan fingerprint density at radius 3 is 2.50 bits per heavy atom. The van der Waals surface area contributed by atoms with Crippen LogP contribution in [0.1, 0.15) is 22.1 Å². The SMILES string of the molecule is COc1ccc(Nc2nc(C(=O)NC(CN(C)C)c3ccccc3)cs2)cc1. The van der Waals surface area contributed by atoms with Crippen LogP contribution in [0.2, 0.25) is 0 Å². The Bertz CT molecular complexity index is 894. The highest BCUT2D eigenvalue weighted by Gasteiger charge is 2.18. The number of carbonyl (C=O) groups excluding carboxylic acids is 1. The molecule has 0 aliphatic heterocycles. The molecule has 146 valence electrons. The van der Waals surface area contributed by atoms with Gasteiger partial charge in [-0.1, -0.05) is 30.3 Å². The third-order valence-electron chi connectivity index (χ3n) is 4.13. The van der Waals surface area contributed by atoms with Gasteiger partial charge in [0.25, 0.3) is 5.91 Å². The van der Waals surface area contributed by atoms with Crippen molar-refractivity contribution in [3.8, 4) is 5.75 Å². The minimum absolute atomic E-state index is 0.108. The van der Waals surface area contributed by atoms with Gasteiger partial charge in [-0.3, -0.25) is 4.79 Å². The average molecular weight is 397 g/mol. The summed E-state index contributed by atoms with van der Waals surface area (Å²) in [5, 5.41) is 8.73. The molecule has 1 unspecified atom stereocenters. The van der Waals surface area contributed by atoms with Gasteiger partial charge in [-0.05, 0) is 43.9 Å². The molecule has 1 aromatic heterocycles. The number of aromatic nitrogens is 1. The topological polar surface area (TPSA) is 66.5 Å². The van der Waals surface area contributed by atoms with Crippen LogP contribution in [0.15, 0.2) is 60.0 Å². The Labute approximate surface area is 169 Å². The summed E-state index contributed by atoms with van der Waals surface area (Å²) in [5.41, 5.74) is 2.36. The minimum atomic E-state index is -0.185. The second-order valence-corrected chi connectivity index (χ2v) is 7.45. The quantitative estimate of drug-likeness (QED) is 0.604. The molecule has 0 aliphatic carbocycles. The highest BCUT2D eigenvalue weighted by Crippen LogP contribution is 2.23. The first-order valence-electron chi connectivity index (χ1n) is 8.92. The van der Waals surface area contributed by atoms with Gasteiger partial charge in [0.2, 0.25) is 0 Å². The van der Waals surface area contributed by atoms with Gasteiger partial charge in [0.1, 0.15) is 11.4 Å². The molecule has 2 aromatic carbocycles. The van der Waals surface area contributed by atoms with E-state index in [1.165, 1.54) is 11.3 Å². The largest absolute Gasteiger partial charge is 0.497 e. The van der Waals surface area contributed by atoms with Gasteiger partial charge in [0, 0.05) is 17.6 Å². The van der Waals surface area contributed by atoms with E-state index in [1.54, 1.807) is 12.5 Å². The number of nitrogens with one attached hydrogen (secondary N) is 2. The first-order valence-corrected chi connectivity index (χ1v) is 9.80. The Kier molecular flexibility index (Phi) is 6.62. The third-order valence-corrected chi connectivity index (χ3v) is 4.89. The van der Waals surface area contributed by atoms with Crippen LogP contribution in [-0.2, 0) is 0 Å². The number of rotatable bonds is 8. The van der Waals surface area contributed by atoms with E-state index in [-0.39, 0.29) is 11.9 Å². The molecule has 0 aliphatic rings. The zero-order chi connectivity index (χ0) is 19.9. The van der Waals surface area contributed by atoms with Crippen LogP contribution in [0.25, 0.3) is 0 Å². The summed E-state index contributed by atoms with van der Waals surface area (Å²) in [6.07, 6.45) is 0. The lowest BCUT2D eigenvalue weighted by atomic mass is 10.1. The van der Waals surface area contributed by atoms with Crippen LogP contribution in [0.3, 0.4) is 0 Å². The highest BCUT2D eigenvalue weighted by atomic mass is 32.1. The van der Waals surface area contributed by atoms with E-state index in [9.17, 15) is 4.79 Å². The molecule has 6 nitrogen and oxygen atoms in total. The number of thiazole rings is 1. The maximum Gasteiger partial charge on any atom is 0.271 e. The first kappa shape index (κ1) is 19.9. The Morgan fingerprint density at radius 1 is 1.14 bits per heavy atom. The van der Waals surface area contributed by atoms with Crippen molar-refractivity contribution in [2.75, 3.05) is 33.1 Å². The lowest BCUT2D eigenvalue weighted by molar-refractivity contribution is 0.0925. The number of hydrogen-bond donors (Lipinski definition) is 2. The number of benzene rings is 2. The smallest absolute Gasteiger partial charge is 0.271 e. The van der Waals surface area contributed by atoms with Crippen molar-refractivity contribution in [1.82, 2.24) is 15.2 Å². The van der Waals surface area contributed by atoms with E-state index in [0.717, 1.165) is 17.0 Å². The predicted molar refractivity (Wildman–Crippen MR) is 114 cm³/mol. The molecule has 0 bridgehead atoms. The molecular weight excluding hydrogens is 372 g/mol. The van der Waals surface area contributed by atoms with Gasteiger partial charge in [-0.2, -0.15) is 0 Å².